The highest BCUT2D eigenvalue weighted by Crippen LogP contribution is 2.60. The molecule has 0 unspecified atom stereocenters. The SMILES string of the molecule is c1ccc(N2c3ccc4ccccc4c3N(c3cccc4c3sc3ccccc34)c3ccc4ccccc4c32)cc1.c1ccc(N2c3ccc4ccccc4c3Nc3ccc4ccccc4c32)cc1. The zero-order chi connectivity index (χ0) is 45.4. The summed E-state index contributed by atoms with van der Waals surface area (Å²) in [5.74, 6) is 0. The second-order valence-electron chi connectivity index (χ2n) is 17.7. The van der Waals surface area contributed by atoms with Crippen molar-refractivity contribution >= 4 is 137 Å². The van der Waals surface area contributed by atoms with E-state index in [0.717, 1.165) is 22.7 Å². The Morgan fingerprint density at radius 3 is 1.33 bits per heavy atom. The summed E-state index contributed by atoms with van der Waals surface area (Å²) in [5, 5.41) is 16.3. The van der Waals surface area contributed by atoms with Crippen molar-refractivity contribution in [1.29, 1.82) is 0 Å². The van der Waals surface area contributed by atoms with Crippen LogP contribution in [0.5, 0.6) is 0 Å². The summed E-state index contributed by atoms with van der Waals surface area (Å²) in [6.07, 6.45) is 0. The number of nitrogens with one attached hydrogen (secondary N) is 1. The van der Waals surface area contributed by atoms with Crippen LogP contribution in [-0.4, -0.2) is 0 Å². The van der Waals surface area contributed by atoms with Crippen molar-refractivity contribution in [2.24, 2.45) is 0 Å². The van der Waals surface area contributed by atoms with Crippen LogP contribution in [0.2, 0.25) is 0 Å². The number of rotatable bonds is 3. The molecular formula is C64H42N4S. The Balaban J connectivity index is 0.000000140. The second kappa shape index (κ2) is 15.9. The van der Waals surface area contributed by atoms with Crippen LogP contribution in [0.3, 0.4) is 0 Å². The minimum atomic E-state index is 1.13. The molecule has 0 bridgehead atoms. The van der Waals surface area contributed by atoms with E-state index in [1.54, 1.807) is 0 Å². The third kappa shape index (κ3) is 6.21. The third-order valence-corrected chi connectivity index (χ3v) is 15.1. The molecule has 0 amide bonds. The van der Waals surface area contributed by atoms with Gasteiger partial charge in [-0.15, -0.1) is 11.3 Å². The van der Waals surface area contributed by atoms with E-state index in [2.05, 4.69) is 269 Å². The Morgan fingerprint density at radius 2 is 0.710 bits per heavy atom. The van der Waals surface area contributed by atoms with Crippen molar-refractivity contribution in [3.05, 3.63) is 249 Å². The average Bonchev–Trinajstić information content (AvgIpc) is 3.81. The first kappa shape index (κ1) is 39.3. The molecule has 0 fully saturated rings. The van der Waals surface area contributed by atoms with Gasteiger partial charge in [-0.1, -0.05) is 188 Å². The molecule has 2 aliphatic rings. The van der Waals surface area contributed by atoms with Crippen LogP contribution in [-0.2, 0) is 0 Å². The highest BCUT2D eigenvalue weighted by Gasteiger charge is 2.34. The molecule has 69 heavy (non-hydrogen) atoms. The third-order valence-electron chi connectivity index (χ3n) is 13.9. The highest BCUT2D eigenvalue weighted by atomic mass is 32.1. The Morgan fingerprint density at radius 1 is 0.275 bits per heavy atom. The molecule has 0 spiro atoms. The summed E-state index contributed by atoms with van der Waals surface area (Å²) in [7, 11) is 0. The molecule has 0 saturated carbocycles. The van der Waals surface area contributed by atoms with Crippen molar-refractivity contribution in [3.63, 3.8) is 0 Å². The van der Waals surface area contributed by atoms with Crippen molar-refractivity contribution in [2.45, 2.75) is 0 Å². The topological polar surface area (TPSA) is 21.8 Å². The molecule has 0 atom stereocenters. The van der Waals surface area contributed by atoms with E-state index < -0.39 is 0 Å². The molecule has 3 heterocycles. The monoisotopic (exact) mass is 898 g/mol. The number of hydrogen-bond donors (Lipinski definition) is 1. The maximum Gasteiger partial charge on any atom is 0.0782 e. The number of fused-ring (bicyclic) bond motifs is 15. The molecule has 4 nitrogen and oxygen atoms in total. The maximum atomic E-state index is 3.73. The fourth-order valence-electron chi connectivity index (χ4n) is 10.8. The van der Waals surface area contributed by atoms with E-state index in [9.17, 15) is 0 Å². The van der Waals surface area contributed by atoms with E-state index in [4.69, 9.17) is 0 Å². The zero-order valence-electron chi connectivity index (χ0n) is 37.4. The van der Waals surface area contributed by atoms with Crippen molar-refractivity contribution in [1.82, 2.24) is 0 Å². The van der Waals surface area contributed by atoms with Gasteiger partial charge in [0.25, 0.3) is 0 Å². The molecular weight excluding hydrogens is 857 g/mol. The molecule has 0 saturated heterocycles. The summed E-state index contributed by atoms with van der Waals surface area (Å²) in [6, 6.07) is 89.6. The lowest BCUT2D eigenvalue weighted by atomic mass is 9.96. The Kier molecular flexibility index (Phi) is 9.04. The van der Waals surface area contributed by atoms with Crippen molar-refractivity contribution < 1.29 is 0 Å². The average molecular weight is 899 g/mol. The van der Waals surface area contributed by atoms with Gasteiger partial charge in [-0.3, -0.25) is 0 Å². The van der Waals surface area contributed by atoms with Crippen LogP contribution in [0.4, 0.5) is 62.6 Å². The van der Waals surface area contributed by atoms with Crippen LogP contribution in [0, 0.1) is 0 Å². The molecule has 5 heteroatoms. The fraction of sp³-hybridized carbons (Fsp3) is 0. The molecule has 15 rings (SSSR count). The Hall–Kier alpha value is -8.90. The van der Waals surface area contributed by atoms with Gasteiger partial charge in [0.2, 0.25) is 0 Å². The number of para-hydroxylation sites is 2. The lowest BCUT2D eigenvalue weighted by Gasteiger charge is -2.41. The van der Waals surface area contributed by atoms with Crippen LogP contribution in [0.15, 0.2) is 249 Å². The van der Waals surface area contributed by atoms with Crippen LogP contribution in [0.25, 0.3) is 63.3 Å². The van der Waals surface area contributed by atoms with Gasteiger partial charge >= 0.3 is 0 Å². The first-order valence-corrected chi connectivity index (χ1v) is 24.3. The predicted molar refractivity (Wildman–Crippen MR) is 297 cm³/mol. The molecule has 13 aromatic rings. The number of anilines is 11. The second-order valence-corrected chi connectivity index (χ2v) is 18.8. The van der Waals surface area contributed by atoms with Gasteiger partial charge in [0.15, 0.2) is 0 Å². The zero-order valence-corrected chi connectivity index (χ0v) is 38.2. The van der Waals surface area contributed by atoms with E-state index in [1.807, 2.05) is 11.3 Å². The standard InChI is InChI=1S/C38H24N2S.C26H18N2/c1-2-13-27(14-3-1)39-32-23-21-26-12-5-7-16-29(26)37(32)40(33-24-22-25-11-4-6-15-28(25)36(33)39)34-19-10-18-31-30-17-8-9-20-35(30)41-38(31)34;1-2-10-20(11-3-1)28-24-17-15-18-8-4-6-12-21(18)25(24)27-23-16-14-19-9-5-7-13-22(19)26(23)28/h1-24H;1-17,27H. The minimum absolute atomic E-state index is 1.13. The first-order chi connectivity index (χ1) is 34.3. The van der Waals surface area contributed by atoms with E-state index in [-0.39, 0.29) is 0 Å². The van der Waals surface area contributed by atoms with Crippen LogP contribution in [0.1, 0.15) is 0 Å². The lowest BCUT2D eigenvalue weighted by molar-refractivity contribution is 1.20. The first-order valence-electron chi connectivity index (χ1n) is 23.5. The molecule has 12 aromatic carbocycles. The number of nitrogens with zero attached hydrogens (tertiary/aromatic N) is 3. The van der Waals surface area contributed by atoms with E-state index in [0.29, 0.717) is 0 Å². The number of thiophene rings is 1. The summed E-state index contributed by atoms with van der Waals surface area (Å²) in [6.45, 7) is 0. The van der Waals surface area contributed by atoms with Gasteiger partial charge in [-0.2, -0.15) is 0 Å². The van der Waals surface area contributed by atoms with E-state index in [1.165, 1.54) is 103 Å². The van der Waals surface area contributed by atoms with Crippen LogP contribution >= 0.6 is 11.3 Å². The Bertz CT molecular complexity index is 4140. The molecule has 0 aliphatic carbocycles. The van der Waals surface area contributed by atoms with Gasteiger partial charge < -0.3 is 20.0 Å². The van der Waals surface area contributed by atoms with Gasteiger partial charge in [0, 0.05) is 48.4 Å². The van der Waals surface area contributed by atoms with Gasteiger partial charge in [0.1, 0.15) is 0 Å². The lowest BCUT2D eigenvalue weighted by Crippen LogP contribution is -2.24. The van der Waals surface area contributed by atoms with Gasteiger partial charge in [0.05, 0.1) is 55.9 Å². The summed E-state index contributed by atoms with van der Waals surface area (Å²) in [5.41, 5.74) is 13.0. The van der Waals surface area contributed by atoms with Crippen molar-refractivity contribution in [2.75, 3.05) is 20.0 Å². The van der Waals surface area contributed by atoms with E-state index >= 15 is 0 Å². The van der Waals surface area contributed by atoms with Gasteiger partial charge in [-0.25, -0.2) is 0 Å². The summed E-state index contributed by atoms with van der Waals surface area (Å²) >= 11 is 1.88. The molecule has 1 N–H and O–H groups in total. The minimum Gasteiger partial charge on any atom is -0.352 e. The Labute approximate surface area is 403 Å². The smallest absolute Gasteiger partial charge is 0.0782 e. The predicted octanol–water partition coefficient (Wildman–Crippen LogP) is 19.1. The van der Waals surface area contributed by atoms with Crippen molar-refractivity contribution in [3.8, 4) is 0 Å². The number of hydrogen-bond acceptors (Lipinski definition) is 5. The maximum absolute atomic E-state index is 3.73. The summed E-state index contributed by atoms with van der Waals surface area (Å²) in [4.78, 5) is 7.37. The molecule has 1 aromatic heterocycles. The quantitative estimate of drug-likeness (QED) is 0.191. The fourth-order valence-corrected chi connectivity index (χ4v) is 12.0. The molecule has 2 aliphatic heterocycles. The largest absolute Gasteiger partial charge is 0.352 e. The highest BCUT2D eigenvalue weighted by molar-refractivity contribution is 7.26. The molecule has 324 valence electrons. The van der Waals surface area contributed by atoms with Crippen LogP contribution < -0.4 is 20.0 Å². The molecule has 0 radical (unpaired) electrons. The summed E-state index contributed by atoms with van der Waals surface area (Å²) < 4.78 is 2.62. The normalized spacial score (nSPS) is 12.7. The van der Waals surface area contributed by atoms with Gasteiger partial charge in [-0.05, 0) is 82.2 Å². The number of benzene rings is 12.